The molecule has 27 heavy (non-hydrogen) atoms. The first-order valence-electron chi connectivity index (χ1n) is 9.45. The van der Waals surface area contributed by atoms with Crippen molar-refractivity contribution in [3.8, 4) is 0 Å². The molecule has 0 saturated carbocycles. The molecule has 1 aliphatic heterocycles. The number of para-hydroxylation sites is 1. The molecule has 0 radical (unpaired) electrons. The summed E-state index contributed by atoms with van der Waals surface area (Å²) < 4.78 is 7.33. The molecule has 1 amide bonds. The Morgan fingerprint density at radius 3 is 3.00 bits per heavy atom. The van der Waals surface area contributed by atoms with Crippen molar-refractivity contribution in [2.75, 3.05) is 25.2 Å². The van der Waals surface area contributed by atoms with Crippen molar-refractivity contribution in [1.82, 2.24) is 14.5 Å². The number of amides is 1. The minimum absolute atomic E-state index is 0.192. The molecule has 6 heteroatoms. The van der Waals surface area contributed by atoms with Crippen molar-refractivity contribution >= 4 is 22.8 Å². The number of carbonyl (C=O) groups is 1. The van der Waals surface area contributed by atoms with Crippen molar-refractivity contribution in [3.05, 3.63) is 54.0 Å². The van der Waals surface area contributed by atoms with Gasteiger partial charge in [0.2, 0.25) is 5.91 Å². The van der Waals surface area contributed by atoms with Gasteiger partial charge < -0.3 is 14.2 Å². The monoisotopic (exact) mass is 364 g/mol. The summed E-state index contributed by atoms with van der Waals surface area (Å²) in [5.41, 5.74) is 4.10. The molecule has 6 nitrogen and oxygen atoms in total. The highest BCUT2D eigenvalue weighted by atomic mass is 16.5. The number of aryl methyl sites for hydroxylation is 1. The van der Waals surface area contributed by atoms with Crippen LogP contribution in [0, 0.1) is 0 Å². The van der Waals surface area contributed by atoms with Crippen LogP contribution < -0.4 is 4.90 Å². The Balaban J connectivity index is 1.43. The number of pyridine rings is 1. The van der Waals surface area contributed by atoms with E-state index in [9.17, 15) is 4.79 Å². The van der Waals surface area contributed by atoms with Crippen LogP contribution in [0.2, 0.25) is 0 Å². The molecule has 4 rings (SSSR count). The number of aromatic nitrogens is 3. The third kappa shape index (κ3) is 3.57. The highest BCUT2D eigenvalue weighted by molar-refractivity contribution is 5.95. The number of imidazole rings is 1. The average molecular weight is 364 g/mol. The van der Waals surface area contributed by atoms with E-state index in [1.165, 1.54) is 5.56 Å². The molecule has 0 unspecified atom stereocenters. The minimum Gasteiger partial charge on any atom is -0.383 e. The van der Waals surface area contributed by atoms with E-state index in [2.05, 4.69) is 15.6 Å². The second kappa shape index (κ2) is 7.88. The van der Waals surface area contributed by atoms with E-state index in [0.717, 1.165) is 48.5 Å². The zero-order chi connectivity index (χ0) is 18.6. The molecular formula is C21H24N4O2. The van der Waals surface area contributed by atoms with Gasteiger partial charge in [0.25, 0.3) is 0 Å². The maximum atomic E-state index is 12.7. The van der Waals surface area contributed by atoms with Crippen LogP contribution in [0.4, 0.5) is 5.69 Å². The highest BCUT2D eigenvalue weighted by Crippen LogP contribution is 2.28. The summed E-state index contributed by atoms with van der Waals surface area (Å²) in [6, 6.07) is 12.0. The van der Waals surface area contributed by atoms with Gasteiger partial charge in [-0.1, -0.05) is 18.2 Å². The summed E-state index contributed by atoms with van der Waals surface area (Å²) in [5.74, 6) is 1.16. The van der Waals surface area contributed by atoms with Gasteiger partial charge in [-0.05, 0) is 36.6 Å². The molecule has 0 spiro atoms. The van der Waals surface area contributed by atoms with Crippen LogP contribution in [0.25, 0.3) is 11.2 Å². The van der Waals surface area contributed by atoms with Gasteiger partial charge in [0.15, 0.2) is 5.65 Å². The summed E-state index contributed by atoms with van der Waals surface area (Å²) >= 11 is 0. The number of rotatable bonds is 7. The molecule has 0 aliphatic carbocycles. The third-order valence-corrected chi connectivity index (χ3v) is 5.08. The van der Waals surface area contributed by atoms with Gasteiger partial charge in [-0.2, -0.15) is 0 Å². The smallest absolute Gasteiger partial charge is 0.227 e. The van der Waals surface area contributed by atoms with Crippen LogP contribution in [-0.2, 0) is 28.9 Å². The summed E-state index contributed by atoms with van der Waals surface area (Å²) in [7, 11) is 1.69. The first-order valence-corrected chi connectivity index (χ1v) is 9.45. The van der Waals surface area contributed by atoms with Crippen molar-refractivity contribution in [1.29, 1.82) is 0 Å². The molecule has 1 aliphatic rings. The minimum atomic E-state index is 0.192. The Labute approximate surface area is 158 Å². The highest BCUT2D eigenvalue weighted by Gasteiger charge is 2.23. The van der Waals surface area contributed by atoms with E-state index in [-0.39, 0.29) is 5.91 Å². The van der Waals surface area contributed by atoms with Gasteiger partial charge in [-0.25, -0.2) is 9.97 Å². The van der Waals surface area contributed by atoms with Crippen LogP contribution >= 0.6 is 0 Å². The number of methoxy groups -OCH3 is 1. The molecule has 0 fully saturated rings. The van der Waals surface area contributed by atoms with Crippen molar-refractivity contribution < 1.29 is 9.53 Å². The molecule has 3 heterocycles. The predicted octanol–water partition coefficient (Wildman–Crippen LogP) is 2.99. The van der Waals surface area contributed by atoms with Crippen molar-refractivity contribution in [2.24, 2.45) is 0 Å². The van der Waals surface area contributed by atoms with Gasteiger partial charge >= 0.3 is 0 Å². The zero-order valence-corrected chi connectivity index (χ0v) is 15.6. The number of hydrogen-bond donors (Lipinski definition) is 0. The number of hydrogen-bond acceptors (Lipinski definition) is 4. The Kier molecular flexibility index (Phi) is 5.16. The molecule has 0 bridgehead atoms. The lowest BCUT2D eigenvalue weighted by atomic mass is 10.1. The Hall–Kier alpha value is -2.73. The Bertz CT molecular complexity index is 950. The molecule has 3 aromatic rings. The Morgan fingerprint density at radius 2 is 2.11 bits per heavy atom. The fourth-order valence-electron chi connectivity index (χ4n) is 3.74. The van der Waals surface area contributed by atoms with E-state index >= 15 is 0 Å². The lowest BCUT2D eigenvalue weighted by Crippen LogP contribution is -2.28. The lowest BCUT2D eigenvalue weighted by molar-refractivity contribution is -0.118. The van der Waals surface area contributed by atoms with Gasteiger partial charge in [0, 0.05) is 44.9 Å². The first-order chi connectivity index (χ1) is 13.3. The summed E-state index contributed by atoms with van der Waals surface area (Å²) in [6.07, 6.45) is 4.77. The maximum absolute atomic E-state index is 12.7. The quantitative estimate of drug-likeness (QED) is 0.647. The van der Waals surface area contributed by atoms with Crippen LogP contribution in [-0.4, -0.2) is 40.7 Å². The number of benzene rings is 1. The fourth-order valence-corrected chi connectivity index (χ4v) is 3.74. The molecule has 0 atom stereocenters. The molecular weight excluding hydrogens is 340 g/mol. The molecule has 0 saturated heterocycles. The average Bonchev–Trinajstić information content (AvgIpc) is 3.27. The summed E-state index contributed by atoms with van der Waals surface area (Å²) in [6.45, 7) is 2.11. The maximum Gasteiger partial charge on any atom is 0.227 e. The number of anilines is 1. The number of fused-ring (bicyclic) bond motifs is 2. The molecule has 2 aromatic heterocycles. The largest absolute Gasteiger partial charge is 0.383 e. The van der Waals surface area contributed by atoms with E-state index in [4.69, 9.17) is 9.72 Å². The second-order valence-electron chi connectivity index (χ2n) is 6.80. The van der Waals surface area contributed by atoms with Gasteiger partial charge in [0.1, 0.15) is 11.3 Å². The van der Waals surface area contributed by atoms with Crippen LogP contribution in [0.15, 0.2) is 42.6 Å². The van der Waals surface area contributed by atoms with Crippen LogP contribution in [0.5, 0.6) is 0 Å². The lowest BCUT2D eigenvalue weighted by Gasteiger charge is -2.17. The van der Waals surface area contributed by atoms with E-state index in [1.54, 1.807) is 13.3 Å². The summed E-state index contributed by atoms with van der Waals surface area (Å²) in [5, 5.41) is 0. The van der Waals surface area contributed by atoms with Gasteiger partial charge in [-0.15, -0.1) is 0 Å². The van der Waals surface area contributed by atoms with Crippen molar-refractivity contribution in [2.45, 2.75) is 32.2 Å². The second-order valence-corrected chi connectivity index (χ2v) is 6.80. The SMILES string of the molecule is COCCn1c(CCCC(=O)N2CCc3ccccc32)nc2cccnc21. The number of nitrogens with zero attached hydrogens (tertiary/aromatic N) is 4. The first kappa shape index (κ1) is 17.7. The summed E-state index contributed by atoms with van der Waals surface area (Å²) in [4.78, 5) is 23.8. The molecule has 1 aromatic carbocycles. The third-order valence-electron chi connectivity index (χ3n) is 5.08. The normalized spacial score (nSPS) is 13.3. The van der Waals surface area contributed by atoms with Crippen LogP contribution in [0.1, 0.15) is 24.2 Å². The zero-order valence-electron chi connectivity index (χ0n) is 15.6. The van der Waals surface area contributed by atoms with E-state index in [0.29, 0.717) is 19.6 Å². The number of ether oxygens (including phenoxy) is 1. The van der Waals surface area contributed by atoms with Gasteiger partial charge in [-0.3, -0.25) is 4.79 Å². The van der Waals surface area contributed by atoms with Gasteiger partial charge in [0.05, 0.1) is 6.61 Å². The standard InChI is InChI=1S/C21H24N4O2/c1-27-15-14-25-19(23-17-7-5-12-22-21(17)25)9-4-10-20(26)24-13-11-16-6-2-3-8-18(16)24/h2-3,5-8,12H,4,9-11,13-15H2,1H3. The number of carbonyl (C=O) groups excluding carboxylic acids is 1. The fraction of sp³-hybridized carbons (Fsp3) is 0.381. The van der Waals surface area contributed by atoms with E-state index < -0.39 is 0 Å². The van der Waals surface area contributed by atoms with E-state index in [1.807, 2.05) is 35.2 Å². The molecule has 140 valence electrons. The van der Waals surface area contributed by atoms with Crippen molar-refractivity contribution in [3.63, 3.8) is 0 Å². The van der Waals surface area contributed by atoms with Crippen LogP contribution in [0.3, 0.4) is 0 Å². The predicted molar refractivity (Wildman–Crippen MR) is 105 cm³/mol. The topological polar surface area (TPSA) is 60.2 Å². The Morgan fingerprint density at radius 1 is 1.22 bits per heavy atom. The molecule has 0 N–H and O–H groups in total.